The minimum Gasteiger partial charge on any atom is -0.477 e. The maximum atomic E-state index is 12.4. The quantitative estimate of drug-likeness (QED) is 0.653. The third-order valence-corrected chi connectivity index (χ3v) is 5.33. The van der Waals surface area contributed by atoms with E-state index >= 15 is 0 Å². The van der Waals surface area contributed by atoms with Crippen LogP contribution in [0.2, 0.25) is 0 Å². The van der Waals surface area contributed by atoms with E-state index in [4.69, 9.17) is 0 Å². The first-order chi connectivity index (χ1) is 11.0. The molecule has 3 heterocycles. The van der Waals surface area contributed by atoms with E-state index in [9.17, 15) is 24.3 Å². The van der Waals surface area contributed by atoms with Gasteiger partial charge in [-0.1, -0.05) is 12.1 Å². The fraction of sp³-hybridized carbons (Fsp3) is 0.200. The number of amides is 3. The molecule has 1 atom stereocenters. The molecule has 1 aromatic rings. The molecule has 3 amide bonds. The number of β-lactam (4-membered cyclic amide) rings is 1. The summed E-state index contributed by atoms with van der Waals surface area (Å²) in [6.45, 7) is -0.126. The Labute approximate surface area is 134 Å². The van der Waals surface area contributed by atoms with Gasteiger partial charge in [0.05, 0.1) is 29.5 Å². The summed E-state index contributed by atoms with van der Waals surface area (Å²) >= 11 is 1.23. The molecule has 1 N–H and O–H groups in total. The first kappa shape index (κ1) is 14.0. The fourth-order valence-corrected chi connectivity index (χ4v) is 4.35. The molecule has 0 aliphatic carbocycles. The normalized spacial score (nSPS) is 22.4. The lowest BCUT2D eigenvalue weighted by Gasteiger charge is -2.33. The third kappa shape index (κ3) is 1.84. The monoisotopic (exact) mass is 330 g/mol. The van der Waals surface area contributed by atoms with Crippen LogP contribution in [0.3, 0.4) is 0 Å². The average molecular weight is 330 g/mol. The summed E-state index contributed by atoms with van der Waals surface area (Å²) < 4.78 is 0. The molecule has 0 aromatic heterocycles. The minimum atomic E-state index is -1.22. The molecule has 23 heavy (non-hydrogen) atoms. The Bertz CT molecular complexity index is 796. The molecule has 8 heteroatoms. The minimum absolute atomic E-state index is 0.118. The largest absolute Gasteiger partial charge is 0.477 e. The molecule has 3 aliphatic heterocycles. The summed E-state index contributed by atoms with van der Waals surface area (Å²) in [5.74, 6) is -2.36. The first-order valence-electron chi connectivity index (χ1n) is 6.89. The first-order valence-corrected chi connectivity index (χ1v) is 7.77. The molecule has 7 nitrogen and oxygen atoms in total. The summed E-state index contributed by atoms with van der Waals surface area (Å²) in [6, 6.07) is 6.48. The number of rotatable bonds is 3. The van der Waals surface area contributed by atoms with Crippen molar-refractivity contribution in [2.45, 2.75) is 11.8 Å². The smallest absolute Gasteiger partial charge is 0.353 e. The standard InChI is InChI=1S/C15H10N2O5S/c18-10-5-11-17(10)12(15(21)22)9(23-11)6-16-13(19)7-3-1-2-4-8(7)14(16)20/h1-4,11H,5-6H2,(H,21,22)/t11-/m0/s1. The molecule has 1 saturated heterocycles. The number of carbonyl (C=O) groups is 4. The van der Waals surface area contributed by atoms with E-state index in [1.165, 1.54) is 16.7 Å². The molecule has 0 unspecified atom stereocenters. The van der Waals surface area contributed by atoms with E-state index < -0.39 is 17.8 Å². The number of carboxylic acid groups (broad SMARTS) is 1. The second kappa shape index (κ2) is 4.69. The van der Waals surface area contributed by atoms with E-state index in [2.05, 4.69) is 0 Å². The van der Waals surface area contributed by atoms with Gasteiger partial charge in [0.2, 0.25) is 5.91 Å². The van der Waals surface area contributed by atoms with Crippen LogP contribution in [0.4, 0.5) is 0 Å². The van der Waals surface area contributed by atoms with Crippen molar-refractivity contribution in [3.8, 4) is 0 Å². The number of thioether (sulfide) groups is 1. The summed E-state index contributed by atoms with van der Waals surface area (Å²) in [5, 5.41) is 9.11. The van der Waals surface area contributed by atoms with Crippen molar-refractivity contribution >= 4 is 35.5 Å². The van der Waals surface area contributed by atoms with Gasteiger partial charge < -0.3 is 5.11 Å². The van der Waals surface area contributed by atoms with Crippen LogP contribution in [-0.4, -0.2) is 50.5 Å². The van der Waals surface area contributed by atoms with Crippen LogP contribution >= 0.6 is 11.8 Å². The van der Waals surface area contributed by atoms with Crippen molar-refractivity contribution in [3.05, 3.63) is 46.0 Å². The number of aliphatic carboxylic acids is 1. The van der Waals surface area contributed by atoms with Crippen molar-refractivity contribution in [2.24, 2.45) is 0 Å². The Morgan fingerprint density at radius 3 is 2.30 bits per heavy atom. The zero-order valence-electron chi connectivity index (χ0n) is 11.7. The van der Waals surface area contributed by atoms with Crippen molar-refractivity contribution in [1.82, 2.24) is 9.80 Å². The third-order valence-electron chi connectivity index (χ3n) is 4.07. The molecule has 3 aliphatic rings. The number of hydrogen-bond donors (Lipinski definition) is 1. The van der Waals surface area contributed by atoms with Crippen LogP contribution in [-0.2, 0) is 9.59 Å². The zero-order chi connectivity index (χ0) is 16.3. The van der Waals surface area contributed by atoms with E-state index in [0.29, 0.717) is 16.0 Å². The van der Waals surface area contributed by atoms with Gasteiger partial charge in [0, 0.05) is 4.91 Å². The van der Waals surface area contributed by atoms with Gasteiger partial charge in [-0.15, -0.1) is 11.8 Å². The molecule has 4 rings (SSSR count). The highest BCUT2D eigenvalue weighted by Crippen LogP contribution is 2.46. The summed E-state index contributed by atoms with van der Waals surface area (Å²) in [7, 11) is 0. The van der Waals surface area contributed by atoms with Crippen molar-refractivity contribution in [2.75, 3.05) is 6.54 Å². The Balaban J connectivity index is 1.68. The predicted octanol–water partition coefficient (Wildman–Crippen LogP) is 0.884. The highest BCUT2D eigenvalue weighted by molar-refractivity contribution is 8.04. The molecule has 1 fully saturated rings. The average Bonchev–Trinajstić information content (AvgIpc) is 2.95. The van der Waals surface area contributed by atoms with E-state index in [1.54, 1.807) is 24.3 Å². The second-order valence-electron chi connectivity index (χ2n) is 5.36. The Kier molecular flexibility index (Phi) is 2.86. The van der Waals surface area contributed by atoms with Gasteiger partial charge in [-0.25, -0.2) is 4.79 Å². The van der Waals surface area contributed by atoms with Crippen LogP contribution in [0.15, 0.2) is 34.9 Å². The lowest BCUT2D eigenvalue weighted by molar-refractivity contribution is -0.145. The van der Waals surface area contributed by atoms with Crippen molar-refractivity contribution in [1.29, 1.82) is 0 Å². The van der Waals surface area contributed by atoms with Gasteiger partial charge in [-0.2, -0.15) is 0 Å². The molecule has 0 bridgehead atoms. The zero-order valence-corrected chi connectivity index (χ0v) is 12.5. The van der Waals surface area contributed by atoms with Gasteiger partial charge in [-0.05, 0) is 12.1 Å². The van der Waals surface area contributed by atoms with Crippen molar-refractivity contribution < 1.29 is 24.3 Å². The number of carboxylic acids is 1. The van der Waals surface area contributed by atoms with Crippen molar-refractivity contribution in [3.63, 3.8) is 0 Å². The number of imide groups is 1. The highest BCUT2D eigenvalue weighted by Gasteiger charge is 2.49. The molecule has 0 radical (unpaired) electrons. The molecular weight excluding hydrogens is 320 g/mol. The lowest BCUT2D eigenvalue weighted by Crippen LogP contribution is -2.48. The Morgan fingerprint density at radius 2 is 1.78 bits per heavy atom. The Hall–Kier alpha value is -2.61. The second-order valence-corrected chi connectivity index (χ2v) is 6.63. The molecule has 116 valence electrons. The molecular formula is C15H10N2O5S. The predicted molar refractivity (Wildman–Crippen MR) is 79.3 cm³/mol. The van der Waals surface area contributed by atoms with E-state index in [0.717, 1.165) is 4.90 Å². The van der Waals surface area contributed by atoms with Gasteiger partial charge in [0.1, 0.15) is 5.70 Å². The highest BCUT2D eigenvalue weighted by atomic mass is 32.2. The van der Waals surface area contributed by atoms with Crippen LogP contribution in [0.25, 0.3) is 0 Å². The topological polar surface area (TPSA) is 95.0 Å². The molecule has 0 saturated carbocycles. The number of fused-ring (bicyclic) bond motifs is 2. The SMILES string of the molecule is O=C(O)C1=C(CN2C(=O)c3ccccc3C2=O)S[C@H]2CC(=O)N12. The summed E-state index contributed by atoms with van der Waals surface area (Å²) in [5.41, 5.74) is 0.516. The van der Waals surface area contributed by atoms with Gasteiger partial charge in [0.25, 0.3) is 11.8 Å². The van der Waals surface area contributed by atoms with E-state index in [1.807, 2.05) is 0 Å². The van der Waals surface area contributed by atoms with Crippen LogP contribution in [0.1, 0.15) is 27.1 Å². The van der Waals surface area contributed by atoms with E-state index in [-0.39, 0.29) is 29.9 Å². The number of benzene rings is 1. The number of carbonyl (C=O) groups excluding carboxylic acids is 3. The van der Waals surface area contributed by atoms with Gasteiger partial charge in [0.15, 0.2) is 0 Å². The van der Waals surface area contributed by atoms with Crippen LogP contribution < -0.4 is 0 Å². The lowest BCUT2D eigenvalue weighted by atomic mass is 10.1. The molecule has 0 spiro atoms. The van der Waals surface area contributed by atoms with Gasteiger partial charge >= 0.3 is 5.97 Å². The number of nitrogens with zero attached hydrogens (tertiary/aromatic N) is 2. The van der Waals surface area contributed by atoms with Crippen LogP contribution in [0.5, 0.6) is 0 Å². The van der Waals surface area contributed by atoms with Gasteiger partial charge in [-0.3, -0.25) is 24.2 Å². The maximum absolute atomic E-state index is 12.4. The maximum Gasteiger partial charge on any atom is 0.353 e. The number of hydrogen-bond acceptors (Lipinski definition) is 5. The summed E-state index contributed by atoms with van der Waals surface area (Å²) in [4.78, 5) is 50.4. The summed E-state index contributed by atoms with van der Waals surface area (Å²) in [6.07, 6.45) is 0.271. The molecule has 1 aromatic carbocycles. The Morgan fingerprint density at radius 1 is 1.17 bits per heavy atom. The fourth-order valence-electron chi connectivity index (χ4n) is 2.97. The van der Waals surface area contributed by atoms with Crippen LogP contribution in [0, 0.1) is 0 Å².